The summed E-state index contributed by atoms with van der Waals surface area (Å²) in [6.07, 6.45) is 1.87. The lowest BCUT2D eigenvalue weighted by Gasteiger charge is -2.24. The van der Waals surface area contributed by atoms with Crippen LogP contribution in [0.3, 0.4) is 0 Å². The summed E-state index contributed by atoms with van der Waals surface area (Å²) in [5.74, 6) is 1.16. The predicted molar refractivity (Wildman–Crippen MR) is 85.0 cm³/mol. The van der Waals surface area contributed by atoms with Gasteiger partial charge in [0.1, 0.15) is 18.0 Å². The van der Waals surface area contributed by atoms with Gasteiger partial charge in [-0.2, -0.15) is 5.10 Å². The van der Waals surface area contributed by atoms with Crippen molar-refractivity contribution in [2.24, 2.45) is 5.92 Å². The van der Waals surface area contributed by atoms with Gasteiger partial charge >= 0.3 is 0 Å². The molecule has 3 rings (SSSR count). The van der Waals surface area contributed by atoms with Gasteiger partial charge in [0.2, 0.25) is 0 Å². The van der Waals surface area contributed by atoms with E-state index in [9.17, 15) is 9.50 Å². The summed E-state index contributed by atoms with van der Waals surface area (Å²) >= 11 is 0. The van der Waals surface area contributed by atoms with Gasteiger partial charge < -0.3 is 5.11 Å². The van der Waals surface area contributed by atoms with Crippen molar-refractivity contribution < 1.29 is 9.50 Å². The number of likely N-dealkylation sites (tertiary alicyclic amines) is 1. The van der Waals surface area contributed by atoms with Crippen LogP contribution in [0.5, 0.6) is 0 Å². The van der Waals surface area contributed by atoms with E-state index in [0.29, 0.717) is 25.4 Å². The van der Waals surface area contributed by atoms with Gasteiger partial charge in [-0.3, -0.25) is 4.90 Å². The lowest BCUT2D eigenvalue weighted by Crippen LogP contribution is -2.26. The molecule has 0 saturated carbocycles. The number of aliphatic hydroxyl groups is 1. The molecule has 6 heteroatoms. The average Bonchev–Trinajstić information content (AvgIpc) is 3.07. The fourth-order valence-corrected chi connectivity index (χ4v) is 3.18. The summed E-state index contributed by atoms with van der Waals surface area (Å²) < 4.78 is 15.1. The topological polar surface area (TPSA) is 54.2 Å². The molecular formula is C17H23FN4O. The van der Waals surface area contributed by atoms with Gasteiger partial charge in [-0.25, -0.2) is 14.1 Å². The lowest BCUT2D eigenvalue weighted by molar-refractivity contribution is 0.170. The van der Waals surface area contributed by atoms with Crippen LogP contribution in [0, 0.1) is 11.7 Å². The molecule has 2 aromatic rings. The molecule has 124 valence electrons. The molecule has 0 unspecified atom stereocenters. The van der Waals surface area contributed by atoms with Crippen LogP contribution < -0.4 is 0 Å². The summed E-state index contributed by atoms with van der Waals surface area (Å²) in [5.41, 5.74) is 1.03. The number of benzene rings is 1. The van der Waals surface area contributed by atoms with E-state index in [-0.39, 0.29) is 18.0 Å². The highest BCUT2D eigenvalue weighted by Crippen LogP contribution is 2.33. The summed E-state index contributed by atoms with van der Waals surface area (Å²) in [4.78, 5) is 6.56. The Hall–Kier alpha value is -1.79. The Kier molecular flexibility index (Phi) is 4.73. The minimum Gasteiger partial charge on any atom is -0.392 e. The molecule has 1 saturated heterocycles. The molecule has 1 N–H and O–H groups in total. The third-order valence-corrected chi connectivity index (χ3v) is 4.21. The molecule has 2 heterocycles. The summed E-state index contributed by atoms with van der Waals surface area (Å²) in [6.45, 7) is 6.34. The standard InChI is InChI=1S/C17H23FN4O/c1-12(2)8-22-17(19-11-20-22)10-21-9-15(23)7-16(21)13-3-5-14(18)6-4-13/h3-6,11-12,15-16,23H,7-10H2,1-2H3/t15-,16-/m0/s1. The van der Waals surface area contributed by atoms with Crippen LogP contribution in [0.25, 0.3) is 0 Å². The SMILES string of the molecule is CC(C)Cn1ncnc1CN1C[C@@H](O)C[C@H]1c1ccc(F)cc1. The molecule has 0 bridgehead atoms. The maximum Gasteiger partial charge on any atom is 0.141 e. The quantitative estimate of drug-likeness (QED) is 0.920. The number of hydrogen-bond acceptors (Lipinski definition) is 4. The highest BCUT2D eigenvalue weighted by atomic mass is 19.1. The van der Waals surface area contributed by atoms with Crippen molar-refractivity contribution in [1.82, 2.24) is 19.7 Å². The van der Waals surface area contributed by atoms with E-state index in [4.69, 9.17) is 0 Å². The fourth-order valence-electron chi connectivity index (χ4n) is 3.18. The van der Waals surface area contributed by atoms with Gasteiger partial charge in [-0.05, 0) is 30.0 Å². The number of hydrogen-bond donors (Lipinski definition) is 1. The molecule has 1 aliphatic rings. The first kappa shape index (κ1) is 16.1. The van der Waals surface area contributed by atoms with E-state index in [1.54, 1.807) is 18.5 Å². The molecule has 0 spiro atoms. The number of aliphatic hydroxyl groups excluding tert-OH is 1. The summed E-state index contributed by atoms with van der Waals surface area (Å²) in [7, 11) is 0. The van der Waals surface area contributed by atoms with E-state index in [1.807, 2.05) is 4.68 Å². The highest BCUT2D eigenvalue weighted by molar-refractivity contribution is 5.21. The molecule has 2 atom stereocenters. The Morgan fingerprint density at radius 3 is 2.74 bits per heavy atom. The van der Waals surface area contributed by atoms with Crippen LogP contribution in [0.2, 0.25) is 0 Å². The summed E-state index contributed by atoms with van der Waals surface area (Å²) in [6, 6.07) is 6.61. The summed E-state index contributed by atoms with van der Waals surface area (Å²) in [5, 5.41) is 14.4. The Morgan fingerprint density at radius 1 is 1.30 bits per heavy atom. The first-order valence-electron chi connectivity index (χ1n) is 8.07. The fraction of sp³-hybridized carbons (Fsp3) is 0.529. The smallest absolute Gasteiger partial charge is 0.141 e. The van der Waals surface area contributed by atoms with Crippen molar-refractivity contribution in [1.29, 1.82) is 0 Å². The zero-order valence-corrected chi connectivity index (χ0v) is 13.6. The van der Waals surface area contributed by atoms with E-state index in [2.05, 4.69) is 28.8 Å². The molecule has 0 radical (unpaired) electrons. The second-order valence-corrected chi connectivity index (χ2v) is 6.64. The van der Waals surface area contributed by atoms with Gasteiger partial charge in [0.25, 0.3) is 0 Å². The maximum atomic E-state index is 13.1. The van der Waals surface area contributed by atoms with Crippen molar-refractivity contribution in [3.8, 4) is 0 Å². The zero-order chi connectivity index (χ0) is 16.4. The molecule has 23 heavy (non-hydrogen) atoms. The van der Waals surface area contributed by atoms with Gasteiger partial charge in [0.15, 0.2) is 0 Å². The molecule has 1 fully saturated rings. The normalized spacial score (nSPS) is 22.1. The second kappa shape index (κ2) is 6.76. The van der Waals surface area contributed by atoms with E-state index in [0.717, 1.165) is 17.9 Å². The van der Waals surface area contributed by atoms with Gasteiger partial charge in [-0.15, -0.1) is 0 Å². The van der Waals surface area contributed by atoms with Crippen molar-refractivity contribution >= 4 is 0 Å². The molecule has 0 amide bonds. The van der Waals surface area contributed by atoms with Crippen molar-refractivity contribution in [2.45, 2.75) is 45.5 Å². The van der Waals surface area contributed by atoms with E-state index >= 15 is 0 Å². The third-order valence-electron chi connectivity index (χ3n) is 4.21. The molecular weight excluding hydrogens is 295 g/mol. The average molecular weight is 318 g/mol. The van der Waals surface area contributed by atoms with Gasteiger partial charge in [0, 0.05) is 19.1 Å². The van der Waals surface area contributed by atoms with Crippen molar-refractivity contribution in [3.05, 3.63) is 47.8 Å². The third kappa shape index (κ3) is 3.76. The van der Waals surface area contributed by atoms with Crippen molar-refractivity contribution in [3.63, 3.8) is 0 Å². The minimum atomic E-state index is -0.369. The van der Waals surface area contributed by atoms with Gasteiger partial charge in [-0.1, -0.05) is 26.0 Å². The minimum absolute atomic E-state index is 0.0785. The Bertz CT molecular complexity index is 640. The van der Waals surface area contributed by atoms with Crippen molar-refractivity contribution in [2.75, 3.05) is 6.54 Å². The number of rotatable bonds is 5. The Labute approximate surface area is 135 Å². The molecule has 1 aliphatic heterocycles. The monoisotopic (exact) mass is 318 g/mol. The number of β-amino-alcohol motifs (C(OH)–C–C–N with tert-alkyl or cyclic N) is 1. The predicted octanol–water partition coefficient (Wildman–Crippen LogP) is 2.38. The van der Waals surface area contributed by atoms with Crippen LogP contribution in [0.4, 0.5) is 4.39 Å². The Balaban J connectivity index is 1.78. The number of nitrogens with zero attached hydrogens (tertiary/aromatic N) is 4. The first-order chi connectivity index (χ1) is 11.0. The van der Waals surface area contributed by atoms with Gasteiger partial charge in [0.05, 0.1) is 12.6 Å². The largest absolute Gasteiger partial charge is 0.392 e. The van der Waals surface area contributed by atoms with Crippen LogP contribution in [0.1, 0.15) is 37.7 Å². The van der Waals surface area contributed by atoms with Crippen LogP contribution in [-0.2, 0) is 13.1 Å². The lowest BCUT2D eigenvalue weighted by atomic mass is 10.0. The first-order valence-corrected chi connectivity index (χ1v) is 8.07. The van der Waals surface area contributed by atoms with Crippen LogP contribution >= 0.6 is 0 Å². The zero-order valence-electron chi connectivity index (χ0n) is 13.6. The highest BCUT2D eigenvalue weighted by Gasteiger charge is 2.32. The molecule has 0 aliphatic carbocycles. The Morgan fingerprint density at radius 2 is 2.04 bits per heavy atom. The molecule has 1 aromatic carbocycles. The molecule has 1 aromatic heterocycles. The van der Waals surface area contributed by atoms with Crippen LogP contribution in [0.15, 0.2) is 30.6 Å². The van der Waals surface area contributed by atoms with E-state index < -0.39 is 0 Å². The number of halogens is 1. The van der Waals surface area contributed by atoms with E-state index in [1.165, 1.54) is 12.1 Å². The second-order valence-electron chi connectivity index (χ2n) is 6.64. The molecule has 5 nitrogen and oxygen atoms in total. The maximum absolute atomic E-state index is 13.1. The number of aromatic nitrogens is 3. The van der Waals surface area contributed by atoms with Crippen LogP contribution in [-0.4, -0.2) is 37.4 Å².